The lowest BCUT2D eigenvalue weighted by molar-refractivity contribution is -0.133. The van der Waals surface area contributed by atoms with Crippen molar-refractivity contribution in [2.45, 2.75) is 19.4 Å². The molecule has 6 nitrogen and oxygen atoms in total. The Balaban J connectivity index is 1.61. The van der Waals surface area contributed by atoms with Gasteiger partial charge in [-0.05, 0) is 47.5 Å². The van der Waals surface area contributed by atoms with Crippen LogP contribution in [0.1, 0.15) is 38.1 Å². The molecule has 2 amide bonds. The van der Waals surface area contributed by atoms with Crippen LogP contribution in [0.5, 0.6) is 0 Å². The Hall–Kier alpha value is -2.52. The lowest BCUT2D eigenvalue weighted by atomic mass is 10.1. The molecule has 9 heteroatoms. The summed E-state index contributed by atoms with van der Waals surface area (Å²) in [5, 5.41) is 10.6. The minimum absolute atomic E-state index is 0.116. The molecule has 1 aliphatic heterocycles. The summed E-state index contributed by atoms with van der Waals surface area (Å²) in [5.41, 5.74) is 2.38. The summed E-state index contributed by atoms with van der Waals surface area (Å²) in [5.74, 6) is -0.549. The number of carbonyl (C=O) groups is 2. The van der Waals surface area contributed by atoms with Gasteiger partial charge >= 0.3 is 0 Å². The summed E-state index contributed by atoms with van der Waals surface area (Å²) in [4.78, 5) is 30.4. The maximum Gasteiger partial charge on any atom is 0.262 e. The van der Waals surface area contributed by atoms with Crippen molar-refractivity contribution in [2.24, 2.45) is 5.10 Å². The summed E-state index contributed by atoms with van der Waals surface area (Å²) in [6, 6.07) is 12.7. The smallest absolute Gasteiger partial charge is 0.262 e. The van der Waals surface area contributed by atoms with Crippen LogP contribution in [0.4, 0.5) is 0 Å². The highest BCUT2D eigenvalue weighted by atomic mass is 35.5. The standard InChI is InChI=1S/C24H24ClN3O3S2/c1-16-9-13-33-23(16)20-14-19(21-8-5-12-32-21)26-28(20)22(29)15-27(10-11-31-2)24(30)17-6-3-4-7-18(17)25/h3-9,12-13,20H,10-11,14-15H2,1-2H3/t20-/m1/s1. The predicted octanol–water partition coefficient (Wildman–Crippen LogP) is 5.24. The topological polar surface area (TPSA) is 62.2 Å². The third-order valence-electron chi connectivity index (χ3n) is 5.46. The van der Waals surface area contributed by atoms with Crippen molar-refractivity contribution in [3.05, 3.63) is 79.1 Å². The van der Waals surface area contributed by atoms with Gasteiger partial charge in [-0.3, -0.25) is 9.59 Å². The molecule has 0 saturated carbocycles. The molecular weight excluding hydrogens is 478 g/mol. The van der Waals surface area contributed by atoms with Crippen molar-refractivity contribution >= 4 is 51.8 Å². The molecule has 1 aromatic carbocycles. The van der Waals surface area contributed by atoms with E-state index in [1.165, 1.54) is 4.90 Å². The molecule has 1 atom stereocenters. The van der Waals surface area contributed by atoms with E-state index in [0.29, 0.717) is 23.6 Å². The maximum absolute atomic E-state index is 13.5. The molecule has 3 heterocycles. The van der Waals surface area contributed by atoms with Crippen molar-refractivity contribution in [2.75, 3.05) is 26.8 Å². The zero-order valence-electron chi connectivity index (χ0n) is 18.4. The number of methoxy groups -OCH3 is 1. The van der Waals surface area contributed by atoms with E-state index >= 15 is 0 Å². The number of hydrogen-bond acceptors (Lipinski definition) is 6. The molecule has 0 unspecified atom stereocenters. The quantitative estimate of drug-likeness (QED) is 0.424. The lowest BCUT2D eigenvalue weighted by Gasteiger charge is -2.27. The van der Waals surface area contributed by atoms with E-state index in [4.69, 9.17) is 21.4 Å². The lowest BCUT2D eigenvalue weighted by Crippen LogP contribution is -2.42. The number of hydrazone groups is 1. The van der Waals surface area contributed by atoms with Crippen molar-refractivity contribution in [3.8, 4) is 0 Å². The molecule has 0 fully saturated rings. The fourth-order valence-corrected chi connectivity index (χ4v) is 5.71. The van der Waals surface area contributed by atoms with Crippen LogP contribution in [-0.4, -0.2) is 54.2 Å². The van der Waals surface area contributed by atoms with E-state index in [9.17, 15) is 9.59 Å². The van der Waals surface area contributed by atoms with Gasteiger partial charge in [-0.2, -0.15) is 5.10 Å². The van der Waals surface area contributed by atoms with Gasteiger partial charge in [-0.1, -0.05) is 29.8 Å². The van der Waals surface area contributed by atoms with Crippen LogP contribution in [0.3, 0.4) is 0 Å². The normalized spacial score (nSPS) is 15.5. The molecule has 2 aromatic heterocycles. The van der Waals surface area contributed by atoms with Crippen LogP contribution < -0.4 is 0 Å². The van der Waals surface area contributed by atoms with Crippen LogP contribution in [-0.2, 0) is 9.53 Å². The van der Waals surface area contributed by atoms with E-state index in [1.54, 1.807) is 59.1 Å². The van der Waals surface area contributed by atoms with Gasteiger partial charge in [0, 0.05) is 25.0 Å². The number of ether oxygens (including phenoxy) is 1. The first-order chi connectivity index (χ1) is 16.0. The molecule has 0 bridgehead atoms. The molecule has 33 heavy (non-hydrogen) atoms. The molecule has 0 saturated heterocycles. The molecule has 4 rings (SSSR count). The van der Waals surface area contributed by atoms with Crippen LogP contribution in [0.2, 0.25) is 5.02 Å². The van der Waals surface area contributed by atoms with Crippen LogP contribution >= 0.6 is 34.3 Å². The number of hydrogen-bond donors (Lipinski definition) is 0. The number of rotatable bonds is 8. The number of nitrogens with zero attached hydrogens (tertiary/aromatic N) is 3. The minimum Gasteiger partial charge on any atom is -0.383 e. The Morgan fingerprint density at radius 2 is 2.00 bits per heavy atom. The van der Waals surface area contributed by atoms with E-state index in [2.05, 4.69) is 6.07 Å². The predicted molar refractivity (Wildman–Crippen MR) is 133 cm³/mol. The zero-order chi connectivity index (χ0) is 23.4. The maximum atomic E-state index is 13.5. The SMILES string of the molecule is COCCN(CC(=O)N1N=C(c2cccs2)C[C@@H]1c1sccc1C)C(=O)c1ccccc1Cl. The van der Waals surface area contributed by atoms with E-state index in [-0.39, 0.29) is 30.9 Å². The second kappa shape index (κ2) is 10.6. The summed E-state index contributed by atoms with van der Waals surface area (Å²) in [6.07, 6.45) is 0.643. The van der Waals surface area contributed by atoms with E-state index < -0.39 is 0 Å². The van der Waals surface area contributed by atoms with Gasteiger partial charge < -0.3 is 9.64 Å². The summed E-state index contributed by atoms with van der Waals surface area (Å²) in [6.45, 7) is 2.50. The average Bonchev–Trinajstić information content (AvgIpc) is 3.56. The Morgan fingerprint density at radius 3 is 2.67 bits per heavy atom. The van der Waals surface area contributed by atoms with E-state index in [1.807, 2.05) is 29.8 Å². The van der Waals surface area contributed by atoms with Crippen LogP contribution in [0.15, 0.2) is 58.3 Å². The van der Waals surface area contributed by atoms with Crippen molar-refractivity contribution in [1.29, 1.82) is 0 Å². The number of amides is 2. The minimum atomic E-state index is -0.309. The largest absolute Gasteiger partial charge is 0.383 e. The van der Waals surface area contributed by atoms with Gasteiger partial charge in [-0.25, -0.2) is 5.01 Å². The van der Waals surface area contributed by atoms with Gasteiger partial charge in [0.2, 0.25) is 0 Å². The summed E-state index contributed by atoms with van der Waals surface area (Å²) >= 11 is 9.48. The number of thiophene rings is 2. The first-order valence-corrected chi connectivity index (χ1v) is 12.6. The van der Waals surface area contributed by atoms with Gasteiger partial charge in [0.05, 0.1) is 33.8 Å². The average molecular weight is 502 g/mol. The van der Waals surface area contributed by atoms with E-state index in [0.717, 1.165) is 21.0 Å². The van der Waals surface area contributed by atoms with Gasteiger partial charge in [0.25, 0.3) is 11.8 Å². The molecule has 0 N–H and O–H groups in total. The molecular formula is C24H24ClN3O3S2. The molecule has 0 radical (unpaired) electrons. The van der Waals surface area contributed by atoms with Crippen molar-refractivity contribution < 1.29 is 14.3 Å². The molecule has 0 aliphatic carbocycles. The second-order valence-corrected chi connectivity index (χ2v) is 9.95. The Labute approximate surface area is 206 Å². The summed E-state index contributed by atoms with van der Waals surface area (Å²) in [7, 11) is 1.56. The third kappa shape index (κ3) is 5.19. The molecule has 1 aliphatic rings. The van der Waals surface area contributed by atoms with Gasteiger partial charge in [0.1, 0.15) is 6.54 Å². The van der Waals surface area contributed by atoms with Crippen molar-refractivity contribution in [3.63, 3.8) is 0 Å². The van der Waals surface area contributed by atoms with Crippen molar-refractivity contribution in [1.82, 2.24) is 9.91 Å². The monoisotopic (exact) mass is 501 g/mol. The number of aryl methyl sites for hydroxylation is 1. The summed E-state index contributed by atoms with van der Waals surface area (Å²) < 4.78 is 5.18. The van der Waals surface area contributed by atoms with Crippen LogP contribution in [0.25, 0.3) is 0 Å². The van der Waals surface area contributed by atoms with Gasteiger partial charge in [0.15, 0.2) is 0 Å². The van der Waals surface area contributed by atoms with Crippen LogP contribution in [0, 0.1) is 6.92 Å². The second-order valence-electron chi connectivity index (χ2n) is 7.65. The Kier molecular flexibility index (Phi) is 7.60. The zero-order valence-corrected chi connectivity index (χ0v) is 20.8. The third-order valence-corrected chi connectivity index (χ3v) is 7.83. The first-order valence-electron chi connectivity index (χ1n) is 10.5. The highest BCUT2D eigenvalue weighted by Crippen LogP contribution is 2.38. The molecule has 0 spiro atoms. The number of carbonyl (C=O) groups excluding carboxylic acids is 2. The number of halogens is 1. The fraction of sp³-hybridized carbons (Fsp3) is 0.292. The fourth-order valence-electron chi connectivity index (χ4n) is 3.76. The van der Waals surface area contributed by atoms with Gasteiger partial charge in [-0.15, -0.1) is 22.7 Å². The Morgan fingerprint density at radius 1 is 1.18 bits per heavy atom. The highest BCUT2D eigenvalue weighted by molar-refractivity contribution is 7.12. The first kappa shape index (κ1) is 23.6. The molecule has 172 valence electrons. The molecule has 3 aromatic rings. The highest BCUT2D eigenvalue weighted by Gasteiger charge is 2.36. The number of benzene rings is 1. The Bertz CT molecular complexity index is 1160.